The monoisotopic (exact) mass is 301 g/mol. The van der Waals surface area contributed by atoms with Gasteiger partial charge in [0.1, 0.15) is 11.9 Å². The molecule has 0 spiro atoms. The molecule has 1 N–H and O–H groups in total. The van der Waals surface area contributed by atoms with Gasteiger partial charge in [-0.1, -0.05) is 19.9 Å². The van der Waals surface area contributed by atoms with Gasteiger partial charge in [0.25, 0.3) is 0 Å². The normalized spacial score (nSPS) is 13.4. The fourth-order valence-corrected chi connectivity index (χ4v) is 2.31. The molecule has 1 unspecified atom stereocenters. The van der Waals surface area contributed by atoms with Crippen LogP contribution in [-0.4, -0.2) is 47.1 Å². The van der Waals surface area contributed by atoms with Crippen molar-refractivity contribution in [2.45, 2.75) is 30.9 Å². The number of nitrogens with one attached hydrogen (secondary N) is 1. The van der Waals surface area contributed by atoms with Gasteiger partial charge >= 0.3 is 0 Å². The van der Waals surface area contributed by atoms with Gasteiger partial charge in [0, 0.05) is 26.0 Å². The molecule has 0 amide bonds. The molecule has 1 rings (SSSR count). The summed E-state index contributed by atoms with van der Waals surface area (Å²) in [6.07, 6.45) is 1.01. The maximum absolute atomic E-state index is 11.5. The van der Waals surface area contributed by atoms with Crippen molar-refractivity contribution < 1.29 is 17.9 Å². The summed E-state index contributed by atoms with van der Waals surface area (Å²) in [5, 5.41) is 3.27. The van der Waals surface area contributed by atoms with E-state index in [1.807, 2.05) is 13.8 Å². The highest BCUT2D eigenvalue weighted by Crippen LogP contribution is 2.18. The summed E-state index contributed by atoms with van der Waals surface area (Å²) in [6.45, 7) is 5.17. The van der Waals surface area contributed by atoms with Gasteiger partial charge in [-0.25, -0.2) is 8.42 Å². The van der Waals surface area contributed by atoms with Gasteiger partial charge in [0.2, 0.25) is 0 Å². The van der Waals surface area contributed by atoms with Crippen LogP contribution in [0, 0.1) is 0 Å². The van der Waals surface area contributed by atoms with Crippen molar-refractivity contribution in [2.24, 2.45) is 0 Å². The Morgan fingerprint density at radius 1 is 1.30 bits per heavy atom. The molecule has 6 heteroatoms. The highest BCUT2D eigenvalue weighted by molar-refractivity contribution is 7.90. The predicted molar refractivity (Wildman–Crippen MR) is 79.0 cm³/mol. The van der Waals surface area contributed by atoms with E-state index in [1.54, 1.807) is 25.3 Å². The van der Waals surface area contributed by atoms with Crippen LogP contribution in [0.25, 0.3) is 0 Å². The summed E-state index contributed by atoms with van der Waals surface area (Å²) in [6, 6.07) is 6.85. The Bertz CT molecular complexity index is 514. The van der Waals surface area contributed by atoms with Crippen molar-refractivity contribution in [3.05, 3.63) is 24.3 Å². The van der Waals surface area contributed by atoms with E-state index in [2.05, 4.69) is 5.32 Å². The third kappa shape index (κ3) is 5.90. The molecule has 5 nitrogen and oxygen atoms in total. The lowest BCUT2D eigenvalue weighted by molar-refractivity contribution is 0.0792. The van der Waals surface area contributed by atoms with Gasteiger partial charge in [-0.2, -0.15) is 0 Å². The van der Waals surface area contributed by atoms with Crippen LogP contribution in [0.1, 0.15) is 13.8 Å². The molecule has 0 fully saturated rings. The molecular formula is C14H23NO4S. The van der Waals surface area contributed by atoms with Crippen LogP contribution >= 0.6 is 0 Å². The second-order valence-electron chi connectivity index (χ2n) is 5.01. The fraction of sp³-hybridized carbons (Fsp3) is 0.571. The van der Waals surface area contributed by atoms with E-state index in [4.69, 9.17) is 9.47 Å². The van der Waals surface area contributed by atoms with Crippen LogP contribution in [0.3, 0.4) is 0 Å². The van der Waals surface area contributed by atoms with Gasteiger partial charge in [-0.05, 0) is 18.2 Å². The molecule has 0 heterocycles. The van der Waals surface area contributed by atoms with Gasteiger partial charge in [0.15, 0.2) is 9.84 Å². The Labute approximate surface area is 121 Å². The first-order valence-electron chi connectivity index (χ1n) is 6.52. The SMILES string of the molecule is COCC(CNC(C)C)Oc1cccc(S(C)(=O)=O)c1. The first kappa shape index (κ1) is 16.9. The lowest BCUT2D eigenvalue weighted by Crippen LogP contribution is -2.38. The minimum Gasteiger partial charge on any atom is -0.487 e. The van der Waals surface area contributed by atoms with E-state index in [1.165, 1.54) is 12.3 Å². The summed E-state index contributed by atoms with van der Waals surface area (Å²) < 4.78 is 33.9. The van der Waals surface area contributed by atoms with Crippen molar-refractivity contribution in [1.82, 2.24) is 5.32 Å². The summed E-state index contributed by atoms with van der Waals surface area (Å²) in [5.74, 6) is 0.528. The first-order chi connectivity index (χ1) is 9.32. The maximum atomic E-state index is 11.5. The molecule has 20 heavy (non-hydrogen) atoms. The Hall–Kier alpha value is -1.11. The van der Waals surface area contributed by atoms with Crippen molar-refractivity contribution >= 4 is 9.84 Å². The zero-order chi connectivity index (χ0) is 15.2. The molecule has 114 valence electrons. The molecule has 1 atom stereocenters. The second kappa shape index (κ2) is 7.61. The Morgan fingerprint density at radius 3 is 2.55 bits per heavy atom. The highest BCUT2D eigenvalue weighted by atomic mass is 32.2. The minimum atomic E-state index is -3.23. The predicted octanol–water partition coefficient (Wildman–Crippen LogP) is 1.48. The van der Waals surface area contributed by atoms with E-state index >= 15 is 0 Å². The second-order valence-corrected chi connectivity index (χ2v) is 7.02. The molecule has 0 saturated carbocycles. The summed E-state index contributed by atoms with van der Waals surface area (Å²) in [7, 11) is -1.62. The minimum absolute atomic E-state index is 0.169. The average molecular weight is 301 g/mol. The number of sulfone groups is 1. The van der Waals surface area contributed by atoms with E-state index in [0.717, 1.165) is 0 Å². The summed E-state index contributed by atoms with van der Waals surface area (Å²) in [5.41, 5.74) is 0. The average Bonchev–Trinajstić information content (AvgIpc) is 2.35. The Balaban J connectivity index is 2.77. The van der Waals surface area contributed by atoms with Gasteiger partial charge < -0.3 is 14.8 Å². The first-order valence-corrected chi connectivity index (χ1v) is 8.41. The molecular weight excluding hydrogens is 278 g/mol. The Kier molecular flexibility index (Phi) is 6.45. The van der Waals surface area contributed by atoms with Crippen LogP contribution in [0.2, 0.25) is 0 Å². The number of benzene rings is 1. The lowest BCUT2D eigenvalue weighted by Gasteiger charge is -2.20. The third-order valence-corrected chi connectivity index (χ3v) is 3.75. The third-order valence-electron chi connectivity index (χ3n) is 2.64. The smallest absolute Gasteiger partial charge is 0.175 e. The quantitative estimate of drug-likeness (QED) is 0.788. The zero-order valence-corrected chi connectivity index (χ0v) is 13.2. The molecule has 0 aliphatic carbocycles. The van der Waals surface area contributed by atoms with Crippen molar-refractivity contribution in [1.29, 1.82) is 0 Å². The summed E-state index contributed by atoms with van der Waals surface area (Å²) >= 11 is 0. The number of hydrogen-bond donors (Lipinski definition) is 1. The molecule has 1 aromatic carbocycles. The van der Waals surface area contributed by atoms with Crippen molar-refractivity contribution in [3.63, 3.8) is 0 Å². The topological polar surface area (TPSA) is 64.6 Å². The molecule has 1 aromatic rings. The highest BCUT2D eigenvalue weighted by Gasteiger charge is 2.13. The van der Waals surface area contributed by atoms with Gasteiger partial charge in [0.05, 0.1) is 11.5 Å². The van der Waals surface area contributed by atoms with Gasteiger partial charge in [-0.15, -0.1) is 0 Å². The van der Waals surface area contributed by atoms with Crippen molar-refractivity contribution in [2.75, 3.05) is 26.5 Å². The maximum Gasteiger partial charge on any atom is 0.175 e. The molecule has 0 aromatic heterocycles. The van der Waals surface area contributed by atoms with Gasteiger partial charge in [-0.3, -0.25) is 0 Å². The number of hydrogen-bond acceptors (Lipinski definition) is 5. The van der Waals surface area contributed by atoms with Crippen molar-refractivity contribution in [3.8, 4) is 5.75 Å². The van der Waals surface area contributed by atoms with E-state index in [9.17, 15) is 8.42 Å². The molecule has 0 saturated heterocycles. The van der Waals surface area contributed by atoms with Crippen LogP contribution in [0.5, 0.6) is 5.75 Å². The van der Waals surface area contributed by atoms with Crippen LogP contribution in [0.4, 0.5) is 0 Å². The number of rotatable bonds is 8. The molecule has 0 aliphatic rings. The van der Waals surface area contributed by atoms with E-state index in [-0.39, 0.29) is 11.0 Å². The van der Waals surface area contributed by atoms with Crippen LogP contribution < -0.4 is 10.1 Å². The van der Waals surface area contributed by atoms with Crippen LogP contribution in [0.15, 0.2) is 29.2 Å². The number of ether oxygens (including phenoxy) is 2. The summed E-state index contributed by atoms with van der Waals surface area (Å²) in [4.78, 5) is 0.253. The fourth-order valence-electron chi connectivity index (χ4n) is 1.66. The van der Waals surface area contributed by atoms with E-state index in [0.29, 0.717) is 24.9 Å². The lowest BCUT2D eigenvalue weighted by atomic mass is 10.3. The molecule has 0 radical (unpaired) electrons. The molecule has 0 bridgehead atoms. The molecule has 0 aliphatic heterocycles. The largest absolute Gasteiger partial charge is 0.487 e. The van der Waals surface area contributed by atoms with E-state index < -0.39 is 9.84 Å². The van der Waals surface area contributed by atoms with Crippen LogP contribution in [-0.2, 0) is 14.6 Å². The zero-order valence-electron chi connectivity index (χ0n) is 12.4. The standard InChI is InChI=1S/C14H23NO4S/c1-11(2)15-9-13(10-18-3)19-12-6-5-7-14(8-12)20(4,16)17/h5-8,11,13,15H,9-10H2,1-4H3. The number of methoxy groups -OCH3 is 1. The Morgan fingerprint density at radius 2 is 2.00 bits per heavy atom.